The van der Waals surface area contributed by atoms with E-state index in [1.54, 1.807) is 30.6 Å². The fourth-order valence-electron chi connectivity index (χ4n) is 3.54. The van der Waals surface area contributed by atoms with Gasteiger partial charge in [0, 0.05) is 57.0 Å². The zero-order valence-electron chi connectivity index (χ0n) is 17.5. The maximum absolute atomic E-state index is 13.0. The topological polar surface area (TPSA) is 94.2 Å². The summed E-state index contributed by atoms with van der Waals surface area (Å²) >= 11 is 0. The Balaban J connectivity index is 1.37. The highest BCUT2D eigenvalue weighted by molar-refractivity contribution is 5.93. The van der Waals surface area contributed by atoms with Crippen LogP contribution in [0, 0.1) is 0 Å². The molecular formula is C22H21F3N6O2. The first-order valence-electron chi connectivity index (χ1n) is 10.2. The lowest BCUT2D eigenvalue weighted by molar-refractivity contribution is -0.137. The van der Waals surface area contributed by atoms with Gasteiger partial charge in [-0.05, 0) is 35.9 Å². The predicted octanol–water partition coefficient (Wildman–Crippen LogP) is 2.44. The number of nitrogens with zero attached hydrogens (tertiary/aromatic N) is 4. The molecule has 0 bridgehead atoms. The second kappa shape index (κ2) is 9.31. The van der Waals surface area contributed by atoms with Crippen molar-refractivity contribution >= 4 is 17.5 Å². The van der Waals surface area contributed by atoms with Crippen LogP contribution in [0.1, 0.15) is 21.5 Å². The molecule has 0 saturated carbocycles. The maximum atomic E-state index is 13.0. The van der Waals surface area contributed by atoms with E-state index in [4.69, 9.17) is 0 Å². The van der Waals surface area contributed by atoms with Gasteiger partial charge in [-0.1, -0.05) is 6.07 Å². The van der Waals surface area contributed by atoms with Crippen LogP contribution in [0.2, 0.25) is 0 Å². The van der Waals surface area contributed by atoms with Crippen molar-refractivity contribution in [1.82, 2.24) is 20.3 Å². The molecule has 33 heavy (non-hydrogen) atoms. The van der Waals surface area contributed by atoms with Crippen LogP contribution in [0.5, 0.6) is 0 Å². The molecule has 2 aromatic heterocycles. The SMILES string of the molecule is O=C(NCc1ccncc1)c1cnc(N2CCN(c3cccc(C(F)(F)F)c3)CC2)[nH]c1=O. The third kappa shape index (κ3) is 5.30. The number of rotatable bonds is 5. The molecule has 1 aliphatic rings. The normalized spacial score (nSPS) is 14.3. The number of nitrogens with one attached hydrogen (secondary N) is 2. The molecule has 8 nitrogen and oxygen atoms in total. The molecule has 0 unspecified atom stereocenters. The van der Waals surface area contributed by atoms with Gasteiger partial charge in [-0.25, -0.2) is 4.98 Å². The number of aromatic nitrogens is 3. The van der Waals surface area contributed by atoms with Crippen LogP contribution in [0.4, 0.5) is 24.8 Å². The second-order valence-corrected chi connectivity index (χ2v) is 7.51. The number of hydrogen-bond acceptors (Lipinski definition) is 6. The van der Waals surface area contributed by atoms with E-state index in [2.05, 4.69) is 20.3 Å². The number of piperazine rings is 1. The summed E-state index contributed by atoms with van der Waals surface area (Å²) in [5, 5.41) is 2.67. The van der Waals surface area contributed by atoms with Crippen LogP contribution < -0.4 is 20.7 Å². The average molecular weight is 458 g/mol. The minimum Gasteiger partial charge on any atom is -0.368 e. The molecule has 0 spiro atoms. The number of anilines is 2. The fraction of sp³-hybridized carbons (Fsp3) is 0.273. The van der Waals surface area contributed by atoms with E-state index < -0.39 is 23.2 Å². The first-order valence-corrected chi connectivity index (χ1v) is 10.2. The standard InChI is InChI=1S/C22H21F3N6O2/c23-22(24,25)16-2-1-3-17(12-16)30-8-10-31(11-9-30)21-28-14-18(20(33)29-21)19(32)27-13-15-4-6-26-7-5-15/h1-7,12,14H,8-11,13H2,(H,27,32)(H,28,29,33). The molecular weight excluding hydrogens is 437 g/mol. The summed E-state index contributed by atoms with van der Waals surface area (Å²) in [5.74, 6) is -0.226. The first kappa shape index (κ1) is 22.3. The Bertz CT molecular complexity index is 1170. The zero-order valence-corrected chi connectivity index (χ0v) is 17.5. The molecule has 0 radical (unpaired) electrons. The number of pyridine rings is 1. The third-order valence-electron chi connectivity index (χ3n) is 5.35. The summed E-state index contributed by atoms with van der Waals surface area (Å²) in [4.78, 5) is 39.2. The second-order valence-electron chi connectivity index (χ2n) is 7.51. The van der Waals surface area contributed by atoms with Crippen LogP contribution in [-0.4, -0.2) is 47.0 Å². The highest BCUT2D eigenvalue weighted by atomic mass is 19.4. The van der Waals surface area contributed by atoms with Crippen molar-refractivity contribution in [2.75, 3.05) is 36.0 Å². The Morgan fingerprint density at radius 3 is 2.42 bits per heavy atom. The number of carbonyl (C=O) groups is 1. The van der Waals surface area contributed by atoms with E-state index in [0.29, 0.717) is 37.8 Å². The summed E-state index contributed by atoms with van der Waals surface area (Å²) in [6.45, 7) is 2.07. The van der Waals surface area contributed by atoms with Crippen molar-refractivity contribution in [2.24, 2.45) is 0 Å². The van der Waals surface area contributed by atoms with Gasteiger partial charge in [0.05, 0.1) is 5.56 Å². The lowest BCUT2D eigenvalue weighted by atomic mass is 10.1. The van der Waals surface area contributed by atoms with E-state index in [9.17, 15) is 22.8 Å². The van der Waals surface area contributed by atoms with Crippen molar-refractivity contribution in [3.8, 4) is 0 Å². The van der Waals surface area contributed by atoms with Gasteiger partial charge in [-0.15, -0.1) is 0 Å². The summed E-state index contributed by atoms with van der Waals surface area (Å²) in [6, 6.07) is 8.72. The monoisotopic (exact) mass is 458 g/mol. The molecule has 0 aliphatic carbocycles. The fourth-order valence-corrected chi connectivity index (χ4v) is 3.54. The number of alkyl halides is 3. The Hall–Kier alpha value is -3.89. The quantitative estimate of drug-likeness (QED) is 0.610. The largest absolute Gasteiger partial charge is 0.416 e. The maximum Gasteiger partial charge on any atom is 0.416 e. The van der Waals surface area contributed by atoms with Crippen LogP contribution >= 0.6 is 0 Å². The summed E-state index contributed by atoms with van der Waals surface area (Å²) in [5.41, 5.74) is -0.0145. The van der Waals surface area contributed by atoms with Crippen LogP contribution in [0.25, 0.3) is 0 Å². The van der Waals surface area contributed by atoms with E-state index in [0.717, 1.165) is 17.7 Å². The van der Waals surface area contributed by atoms with E-state index in [1.165, 1.54) is 12.3 Å². The molecule has 0 atom stereocenters. The molecule has 1 amide bonds. The molecule has 172 valence electrons. The van der Waals surface area contributed by atoms with Crippen LogP contribution in [0.3, 0.4) is 0 Å². The Kier molecular flexibility index (Phi) is 6.29. The van der Waals surface area contributed by atoms with E-state index in [1.807, 2.05) is 9.80 Å². The van der Waals surface area contributed by atoms with Gasteiger partial charge in [0.1, 0.15) is 5.56 Å². The number of amides is 1. The Morgan fingerprint density at radius 1 is 1.06 bits per heavy atom. The Morgan fingerprint density at radius 2 is 1.76 bits per heavy atom. The first-order chi connectivity index (χ1) is 15.8. The molecule has 3 heterocycles. The lowest BCUT2D eigenvalue weighted by Gasteiger charge is -2.36. The van der Waals surface area contributed by atoms with Gasteiger partial charge in [-0.3, -0.25) is 19.6 Å². The van der Waals surface area contributed by atoms with Gasteiger partial charge in [-0.2, -0.15) is 13.2 Å². The molecule has 3 aromatic rings. The number of hydrogen-bond donors (Lipinski definition) is 2. The van der Waals surface area contributed by atoms with Gasteiger partial charge >= 0.3 is 6.18 Å². The molecule has 4 rings (SSSR count). The predicted molar refractivity (Wildman–Crippen MR) is 116 cm³/mol. The van der Waals surface area contributed by atoms with Crippen molar-refractivity contribution in [3.63, 3.8) is 0 Å². The van der Waals surface area contributed by atoms with Crippen LogP contribution in [0.15, 0.2) is 59.8 Å². The van der Waals surface area contributed by atoms with Gasteiger partial charge in [0.15, 0.2) is 0 Å². The number of H-pyrrole nitrogens is 1. The summed E-state index contributed by atoms with van der Waals surface area (Å²) in [6.07, 6.45) is 0.0532. The molecule has 11 heteroatoms. The van der Waals surface area contributed by atoms with Crippen LogP contribution in [-0.2, 0) is 12.7 Å². The van der Waals surface area contributed by atoms with Crippen molar-refractivity contribution < 1.29 is 18.0 Å². The molecule has 2 N–H and O–H groups in total. The number of benzene rings is 1. The van der Waals surface area contributed by atoms with Crippen molar-refractivity contribution in [1.29, 1.82) is 0 Å². The van der Waals surface area contributed by atoms with Crippen molar-refractivity contribution in [3.05, 3.63) is 82.0 Å². The number of halogens is 3. The van der Waals surface area contributed by atoms with Crippen molar-refractivity contribution in [2.45, 2.75) is 12.7 Å². The van der Waals surface area contributed by atoms with Gasteiger partial charge < -0.3 is 15.1 Å². The molecule has 1 aromatic carbocycles. The van der Waals surface area contributed by atoms with E-state index in [-0.39, 0.29) is 12.1 Å². The highest BCUT2D eigenvalue weighted by Gasteiger charge is 2.31. The zero-order chi connectivity index (χ0) is 23.4. The molecule has 1 saturated heterocycles. The number of carbonyl (C=O) groups excluding carboxylic acids is 1. The number of aromatic amines is 1. The minimum atomic E-state index is -4.40. The molecule has 1 fully saturated rings. The summed E-state index contributed by atoms with van der Waals surface area (Å²) < 4.78 is 38.9. The smallest absolute Gasteiger partial charge is 0.368 e. The summed E-state index contributed by atoms with van der Waals surface area (Å²) in [7, 11) is 0. The highest BCUT2D eigenvalue weighted by Crippen LogP contribution is 2.32. The Labute approximate surface area is 187 Å². The molecule has 1 aliphatic heterocycles. The lowest BCUT2D eigenvalue weighted by Crippen LogP contribution is -2.47. The minimum absolute atomic E-state index is 0.101. The van der Waals surface area contributed by atoms with Gasteiger partial charge in [0.25, 0.3) is 11.5 Å². The van der Waals surface area contributed by atoms with E-state index >= 15 is 0 Å². The average Bonchev–Trinajstić information content (AvgIpc) is 2.83. The van der Waals surface area contributed by atoms with Gasteiger partial charge in [0.2, 0.25) is 5.95 Å². The third-order valence-corrected chi connectivity index (χ3v) is 5.35.